The molecule has 0 saturated heterocycles. The zero-order valence-corrected chi connectivity index (χ0v) is 8.56. The van der Waals surface area contributed by atoms with E-state index in [0.29, 0.717) is 6.42 Å². The van der Waals surface area contributed by atoms with Gasteiger partial charge in [-0.2, -0.15) is 0 Å². The quantitative estimate of drug-likeness (QED) is 0.669. The zero-order chi connectivity index (χ0) is 11.3. The van der Waals surface area contributed by atoms with Crippen molar-refractivity contribution in [3.8, 4) is 0 Å². The number of hydrogen-bond donors (Lipinski definition) is 2. The molecular formula is C9H16O5. The summed E-state index contributed by atoms with van der Waals surface area (Å²) >= 11 is 0. The Morgan fingerprint density at radius 2 is 1.79 bits per heavy atom. The van der Waals surface area contributed by atoms with Crippen LogP contribution >= 0.6 is 0 Å². The highest BCUT2D eigenvalue weighted by molar-refractivity contribution is 5.80. The minimum atomic E-state index is -1.13. The zero-order valence-electron chi connectivity index (χ0n) is 8.56. The van der Waals surface area contributed by atoms with Gasteiger partial charge >= 0.3 is 11.9 Å². The summed E-state index contributed by atoms with van der Waals surface area (Å²) in [5.41, 5.74) is 0. The minimum Gasteiger partial charge on any atom is -0.481 e. The minimum absolute atomic E-state index is 0.477. The molecule has 0 aliphatic carbocycles. The van der Waals surface area contributed by atoms with Crippen LogP contribution in [0, 0.1) is 11.8 Å². The van der Waals surface area contributed by atoms with Crippen LogP contribution < -0.4 is 0 Å². The molecule has 0 fully saturated rings. The smallest absolute Gasteiger partial charge is 0.310 e. The van der Waals surface area contributed by atoms with Gasteiger partial charge in [0.05, 0.1) is 17.9 Å². The van der Waals surface area contributed by atoms with Gasteiger partial charge in [-0.15, -0.1) is 0 Å². The first kappa shape index (κ1) is 12.9. The van der Waals surface area contributed by atoms with E-state index in [2.05, 4.69) is 0 Å². The van der Waals surface area contributed by atoms with E-state index in [1.165, 1.54) is 14.0 Å². The molecular weight excluding hydrogens is 188 g/mol. The molecule has 0 rings (SSSR count). The monoisotopic (exact) mass is 204 g/mol. The van der Waals surface area contributed by atoms with Crippen LogP contribution in [0.3, 0.4) is 0 Å². The Labute approximate surface area is 82.7 Å². The summed E-state index contributed by atoms with van der Waals surface area (Å²) < 4.78 is 4.95. The standard InChI is InChI=1S/C9H16O5/c1-4-6(14-3)7(9(12)13)5(2)8(10)11/h5-7H,4H2,1-3H3,(H,10,11)(H,12,13). The molecule has 2 N–H and O–H groups in total. The van der Waals surface area contributed by atoms with Crippen LogP contribution in [-0.4, -0.2) is 35.4 Å². The van der Waals surface area contributed by atoms with Crippen molar-refractivity contribution < 1.29 is 24.5 Å². The first-order valence-corrected chi connectivity index (χ1v) is 4.44. The molecule has 3 atom stereocenters. The van der Waals surface area contributed by atoms with E-state index in [9.17, 15) is 9.59 Å². The second-order valence-corrected chi connectivity index (χ2v) is 3.17. The van der Waals surface area contributed by atoms with Crippen LogP contribution in [0.1, 0.15) is 20.3 Å². The first-order valence-electron chi connectivity index (χ1n) is 4.44. The van der Waals surface area contributed by atoms with E-state index >= 15 is 0 Å². The van der Waals surface area contributed by atoms with Crippen LogP contribution in [0.5, 0.6) is 0 Å². The molecule has 0 bridgehead atoms. The largest absolute Gasteiger partial charge is 0.481 e. The summed E-state index contributed by atoms with van der Waals surface area (Å²) in [6.07, 6.45) is -0.0796. The Morgan fingerprint density at radius 3 is 2.00 bits per heavy atom. The van der Waals surface area contributed by atoms with Gasteiger partial charge in [0.1, 0.15) is 0 Å². The number of aliphatic carboxylic acids is 2. The van der Waals surface area contributed by atoms with Crippen LogP contribution in [0.25, 0.3) is 0 Å². The maximum Gasteiger partial charge on any atom is 0.310 e. The van der Waals surface area contributed by atoms with Gasteiger partial charge in [0.25, 0.3) is 0 Å². The fourth-order valence-electron chi connectivity index (χ4n) is 1.42. The van der Waals surface area contributed by atoms with Gasteiger partial charge < -0.3 is 14.9 Å². The Bertz CT molecular complexity index is 209. The molecule has 0 aromatic carbocycles. The SMILES string of the molecule is CCC(OC)C(C(=O)O)C(C)C(=O)O. The molecule has 5 heteroatoms. The summed E-state index contributed by atoms with van der Waals surface area (Å²) in [4.78, 5) is 21.5. The molecule has 0 aliphatic rings. The highest BCUT2D eigenvalue weighted by atomic mass is 16.5. The van der Waals surface area contributed by atoms with Gasteiger partial charge in [-0.25, -0.2) is 0 Å². The molecule has 0 heterocycles. The van der Waals surface area contributed by atoms with Crippen LogP contribution in [0.4, 0.5) is 0 Å². The van der Waals surface area contributed by atoms with Crippen molar-refractivity contribution in [2.75, 3.05) is 7.11 Å². The molecule has 5 nitrogen and oxygen atoms in total. The Morgan fingerprint density at radius 1 is 1.29 bits per heavy atom. The fourth-order valence-corrected chi connectivity index (χ4v) is 1.42. The predicted molar refractivity (Wildman–Crippen MR) is 49.0 cm³/mol. The number of methoxy groups -OCH3 is 1. The Kier molecular flexibility index (Phi) is 5.15. The lowest BCUT2D eigenvalue weighted by Crippen LogP contribution is -2.37. The maximum absolute atomic E-state index is 10.9. The highest BCUT2D eigenvalue weighted by Crippen LogP contribution is 2.21. The third-order valence-electron chi connectivity index (χ3n) is 2.32. The Hall–Kier alpha value is -1.10. The van der Waals surface area contributed by atoms with E-state index in [0.717, 1.165) is 0 Å². The third-order valence-corrected chi connectivity index (χ3v) is 2.32. The first-order chi connectivity index (χ1) is 6.45. The van der Waals surface area contributed by atoms with Crippen LogP contribution in [0.15, 0.2) is 0 Å². The van der Waals surface area contributed by atoms with Crippen molar-refractivity contribution in [1.82, 2.24) is 0 Å². The molecule has 0 aliphatic heterocycles. The summed E-state index contributed by atoms with van der Waals surface area (Å²) in [6, 6.07) is 0. The molecule has 3 unspecified atom stereocenters. The second-order valence-electron chi connectivity index (χ2n) is 3.17. The van der Waals surface area contributed by atoms with Crippen molar-refractivity contribution >= 4 is 11.9 Å². The maximum atomic E-state index is 10.9. The second kappa shape index (κ2) is 5.59. The fraction of sp³-hybridized carbons (Fsp3) is 0.778. The summed E-state index contributed by atoms with van der Waals surface area (Å²) in [7, 11) is 1.39. The number of carboxylic acid groups (broad SMARTS) is 2. The van der Waals surface area contributed by atoms with Crippen LogP contribution in [-0.2, 0) is 14.3 Å². The van der Waals surface area contributed by atoms with E-state index in [-0.39, 0.29) is 0 Å². The van der Waals surface area contributed by atoms with E-state index in [1.807, 2.05) is 0 Å². The topological polar surface area (TPSA) is 83.8 Å². The van der Waals surface area contributed by atoms with Crippen LogP contribution in [0.2, 0.25) is 0 Å². The molecule has 14 heavy (non-hydrogen) atoms. The lowest BCUT2D eigenvalue weighted by Gasteiger charge is -2.24. The number of carboxylic acids is 2. The van der Waals surface area contributed by atoms with Gasteiger partial charge in [-0.1, -0.05) is 13.8 Å². The molecule has 0 radical (unpaired) electrons. The Balaban J connectivity index is 4.74. The summed E-state index contributed by atoms with van der Waals surface area (Å²) in [6.45, 7) is 3.14. The van der Waals surface area contributed by atoms with Crippen molar-refractivity contribution in [2.24, 2.45) is 11.8 Å². The highest BCUT2D eigenvalue weighted by Gasteiger charge is 2.36. The lowest BCUT2D eigenvalue weighted by atomic mass is 9.87. The average Bonchev–Trinajstić information content (AvgIpc) is 2.12. The molecule has 0 saturated carbocycles. The summed E-state index contributed by atoms with van der Waals surface area (Å²) in [5.74, 6) is -4.19. The van der Waals surface area contributed by atoms with E-state index < -0.39 is 29.9 Å². The summed E-state index contributed by atoms with van der Waals surface area (Å²) in [5, 5.41) is 17.6. The van der Waals surface area contributed by atoms with E-state index in [1.54, 1.807) is 6.92 Å². The van der Waals surface area contributed by atoms with Gasteiger partial charge in [-0.05, 0) is 6.42 Å². The third kappa shape index (κ3) is 2.99. The molecule has 0 amide bonds. The van der Waals surface area contributed by atoms with Crippen molar-refractivity contribution in [2.45, 2.75) is 26.4 Å². The van der Waals surface area contributed by atoms with Gasteiger partial charge in [-0.3, -0.25) is 9.59 Å². The molecule has 0 spiro atoms. The van der Waals surface area contributed by atoms with Crippen molar-refractivity contribution in [3.63, 3.8) is 0 Å². The number of ether oxygens (including phenoxy) is 1. The lowest BCUT2D eigenvalue weighted by molar-refractivity contribution is -0.159. The molecule has 0 aromatic heterocycles. The van der Waals surface area contributed by atoms with Gasteiger partial charge in [0.2, 0.25) is 0 Å². The van der Waals surface area contributed by atoms with Crippen molar-refractivity contribution in [3.05, 3.63) is 0 Å². The van der Waals surface area contributed by atoms with Crippen molar-refractivity contribution in [1.29, 1.82) is 0 Å². The molecule has 0 aromatic rings. The normalized spacial score (nSPS) is 17.1. The van der Waals surface area contributed by atoms with Gasteiger partial charge in [0.15, 0.2) is 0 Å². The average molecular weight is 204 g/mol. The number of hydrogen-bond acceptors (Lipinski definition) is 3. The predicted octanol–water partition coefficient (Wildman–Crippen LogP) is 0.833. The number of carbonyl (C=O) groups is 2. The number of rotatable bonds is 6. The van der Waals surface area contributed by atoms with E-state index in [4.69, 9.17) is 14.9 Å². The molecule has 82 valence electrons. The van der Waals surface area contributed by atoms with Gasteiger partial charge in [0, 0.05) is 7.11 Å².